The lowest BCUT2D eigenvalue weighted by Crippen LogP contribution is -2.42. The van der Waals surface area contributed by atoms with Crippen LogP contribution in [0.3, 0.4) is 0 Å². The SMILES string of the molecule is O=C(c1ccc(-c2ccccc2)c(F)c1)[C@H]1CCCN(C(=O)CCc2ccccn2)C1. The van der Waals surface area contributed by atoms with E-state index in [0.29, 0.717) is 43.5 Å². The normalized spacial score (nSPS) is 16.2. The van der Waals surface area contributed by atoms with Crippen LogP contribution < -0.4 is 0 Å². The molecule has 0 N–H and O–H groups in total. The molecule has 2 heterocycles. The van der Waals surface area contributed by atoms with Gasteiger partial charge in [0.2, 0.25) is 5.91 Å². The summed E-state index contributed by atoms with van der Waals surface area (Å²) in [6.45, 7) is 1.05. The number of halogens is 1. The van der Waals surface area contributed by atoms with Gasteiger partial charge >= 0.3 is 0 Å². The zero-order valence-corrected chi connectivity index (χ0v) is 17.3. The number of nitrogens with zero attached hydrogens (tertiary/aromatic N) is 2. The topological polar surface area (TPSA) is 50.3 Å². The first-order valence-corrected chi connectivity index (χ1v) is 10.7. The molecule has 0 bridgehead atoms. The molecule has 0 spiro atoms. The van der Waals surface area contributed by atoms with Crippen molar-refractivity contribution in [2.24, 2.45) is 5.92 Å². The molecule has 31 heavy (non-hydrogen) atoms. The van der Waals surface area contributed by atoms with Crippen molar-refractivity contribution in [3.63, 3.8) is 0 Å². The van der Waals surface area contributed by atoms with E-state index < -0.39 is 5.82 Å². The number of benzene rings is 2. The largest absolute Gasteiger partial charge is 0.342 e. The molecule has 1 aliphatic heterocycles. The molecule has 0 aliphatic carbocycles. The summed E-state index contributed by atoms with van der Waals surface area (Å²) in [5, 5.41) is 0. The number of hydrogen-bond donors (Lipinski definition) is 0. The highest BCUT2D eigenvalue weighted by atomic mass is 19.1. The van der Waals surface area contributed by atoms with E-state index >= 15 is 0 Å². The molecule has 158 valence electrons. The minimum absolute atomic E-state index is 0.0359. The van der Waals surface area contributed by atoms with Gasteiger partial charge in [-0.3, -0.25) is 14.6 Å². The Labute approximate surface area is 181 Å². The Bertz CT molecular complexity index is 1050. The minimum atomic E-state index is -0.406. The summed E-state index contributed by atoms with van der Waals surface area (Å²) in [6, 6.07) is 19.6. The third-order valence-electron chi connectivity index (χ3n) is 5.80. The molecular weight excluding hydrogens is 391 g/mol. The lowest BCUT2D eigenvalue weighted by atomic mass is 9.89. The van der Waals surface area contributed by atoms with Gasteiger partial charge in [-0.05, 0) is 43.0 Å². The molecule has 4 rings (SSSR count). The monoisotopic (exact) mass is 416 g/mol. The molecule has 1 atom stereocenters. The van der Waals surface area contributed by atoms with Crippen LogP contribution in [0.5, 0.6) is 0 Å². The number of ketones is 1. The molecule has 0 radical (unpaired) electrons. The number of likely N-dealkylation sites (tertiary alicyclic amines) is 1. The molecule has 0 unspecified atom stereocenters. The van der Waals surface area contributed by atoms with E-state index in [-0.39, 0.29) is 17.6 Å². The molecule has 4 nitrogen and oxygen atoms in total. The van der Waals surface area contributed by atoms with E-state index in [1.165, 1.54) is 6.07 Å². The number of rotatable bonds is 6. The summed E-state index contributed by atoms with van der Waals surface area (Å²) in [4.78, 5) is 31.7. The number of carbonyl (C=O) groups excluding carboxylic acids is 2. The van der Waals surface area contributed by atoms with Crippen molar-refractivity contribution >= 4 is 11.7 Å². The average Bonchev–Trinajstić information content (AvgIpc) is 2.83. The second-order valence-corrected chi connectivity index (χ2v) is 7.92. The fraction of sp³-hybridized carbons (Fsp3) is 0.269. The molecule has 1 aliphatic rings. The standard InChI is InChI=1S/C26H25FN2O2/c27-24-17-20(11-13-23(24)19-7-2-1-3-8-19)26(31)21-9-6-16-29(18-21)25(30)14-12-22-10-4-5-15-28-22/h1-5,7-8,10-11,13,15,17,21H,6,9,12,14,16,18H2/t21-/m0/s1. The third-order valence-corrected chi connectivity index (χ3v) is 5.80. The molecule has 5 heteroatoms. The fourth-order valence-electron chi connectivity index (χ4n) is 4.11. The van der Waals surface area contributed by atoms with Gasteiger partial charge in [-0.25, -0.2) is 4.39 Å². The van der Waals surface area contributed by atoms with E-state index in [1.54, 1.807) is 23.2 Å². The molecule has 2 aromatic carbocycles. The van der Waals surface area contributed by atoms with Crippen molar-refractivity contribution in [1.29, 1.82) is 0 Å². The van der Waals surface area contributed by atoms with Gasteiger partial charge in [0.1, 0.15) is 5.82 Å². The number of amides is 1. The van der Waals surface area contributed by atoms with Crippen LogP contribution in [-0.4, -0.2) is 34.7 Å². The molecular formula is C26H25FN2O2. The quantitative estimate of drug-likeness (QED) is 0.535. The first kappa shape index (κ1) is 20.9. The van der Waals surface area contributed by atoms with Gasteiger partial charge in [0.15, 0.2) is 5.78 Å². The van der Waals surface area contributed by atoms with Gasteiger partial charge in [-0.1, -0.05) is 48.5 Å². The summed E-state index contributed by atoms with van der Waals surface area (Å²) in [5.41, 5.74) is 2.51. The van der Waals surface area contributed by atoms with Crippen LogP contribution in [-0.2, 0) is 11.2 Å². The van der Waals surface area contributed by atoms with Gasteiger partial charge in [0.05, 0.1) is 0 Å². The smallest absolute Gasteiger partial charge is 0.222 e. The number of aryl methyl sites for hydroxylation is 1. The maximum Gasteiger partial charge on any atom is 0.222 e. The van der Waals surface area contributed by atoms with Gasteiger partial charge in [-0.2, -0.15) is 0 Å². The number of Topliss-reactive ketones (excluding diaryl/α,β-unsaturated/α-hetero) is 1. The Hall–Kier alpha value is -3.34. The van der Waals surface area contributed by atoms with Gasteiger partial charge in [0, 0.05) is 48.4 Å². The molecule has 3 aromatic rings. The number of pyridine rings is 1. The van der Waals surface area contributed by atoms with E-state index in [9.17, 15) is 14.0 Å². The zero-order valence-electron chi connectivity index (χ0n) is 17.3. The first-order valence-electron chi connectivity index (χ1n) is 10.7. The molecule has 1 aromatic heterocycles. The average molecular weight is 416 g/mol. The van der Waals surface area contributed by atoms with Crippen molar-refractivity contribution in [2.45, 2.75) is 25.7 Å². The lowest BCUT2D eigenvalue weighted by molar-refractivity contribution is -0.132. The lowest BCUT2D eigenvalue weighted by Gasteiger charge is -2.32. The van der Waals surface area contributed by atoms with E-state index in [1.807, 2.05) is 48.5 Å². The maximum atomic E-state index is 14.7. The Balaban J connectivity index is 1.40. The Morgan fingerprint density at radius 2 is 1.84 bits per heavy atom. The first-order chi connectivity index (χ1) is 15.1. The van der Waals surface area contributed by atoms with Crippen LogP contribution in [0.4, 0.5) is 4.39 Å². The van der Waals surface area contributed by atoms with E-state index in [4.69, 9.17) is 0 Å². The summed E-state index contributed by atoms with van der Waals surface area (Å²) in [5.74, 6) is -0.764. The zero-order chi connectivity index (χ0) is 21.6. The molecule has 1 fully saturated rings. The highest BCUT2D eigenvalue weighted by Gasteiger charge is 2.29. The summed E-state index contributed by atoms with van der Waals surface area (Å²) >= 11 is 0. The third kappa shape index (κ3) is 5.05. The maximum absolute atomic E-state index is 14.7. The number of hydrogen-bond acceptors (Lipinski definition) is 3. The van der Waals surface area contributed by atoms with Gasteiger partial charge in [0.25, 0.3) is 0 Å². The van der Waals surface area contributed by atoms with Crippen molar-refractivity contribution in [2.75, 3.05) is 13.1 Å². The minimum Gasteiger partial charge on any atom is -0.342 e. The Kier molecular flexibility index (Phi) is 6.51. The second kappa shape index (κ2) is 9.65. The van der Waals surface area contributed by atoms with Crippen LogP contribution in [0.1, 0.15) is 35.3 Å². The fourth-order valence-corrected chi connectivity index (χ4v) is 4.11. The van der Waals surface area contributed by atoms with E-state index in [0.717, 1.165) is 17.7 Å². The van der Waals surface area contributed by atoms with Crippen LogP contribution in [0.2, 0.25) is 0 Å². The van der Waals surface area contributed by atoms with Gasteiger partial charge < -0.3 is 4.90 Å². The molecule has 1 saturated heterocycles. The van der Waals surface area contributed by atoms with Crippen molar-refractivity contribution in [3.8, 4) is 11.1 Å². The summed E-state index contributed by atoms with van der Waals surface area (Å²) in [6.07, 6.45) is 4.16. The summed E-state index contributed by atoms with van der Waals surface area (Å²) < 4.78 is 14.7. The van der Waals surface area contributed by atoms with Crippen molar-refractivity contribution in [3.05, 3.63) is 90.0 Å². The van der Waals surface area contributed by atoms with Gasteiger partial charge in [-0.15, -0.1) is 0 Å². The van der Waals surface area contributed by atoms with E-state index in [2.05, 4.69) is 4.98 Å². The molecule has 1 amide bonds. The second-order valence-electron chi connectivity index (χ2n) is 7.92. The summed E-state index contributed by atoms with van der Waals surface area (Å²) in [7, 11) is 0. The van der Waals surface area contributed by atoms with Crippen LogP contribution >= 0.6 is 0 Å². The highest BCUT2D eigenvalue weighted by Crippen LogP contribution is 2.26. The Morgan fingerprint density at radius 3 is 2.58 bits per heavy atom. The molecule has 0 saturated carbocycles. The number of carbonyl (C=O) groups is 2. The van der Waals surface area contributed by atoms with Crippen molar-refractivity contribution in [1.82, 2.24) is 9.88 Å². The van der Waals surface area contributed by atoms with Crippen LogP contribution in [0.25, 0.3) is 11.1 Å². The predicted octanol–water partition coefficient (Wildman–Crippen LogP) is 4.94. The predicted molar refractivity (Wildman–Crippen MR) is 118 cm³/mol. The van der Waals surface area contributed by atoms with Crippen LogP contribution in [0.15, 0.2) is 72.9 Å². The highest BCUT2D eigenvalue weighted by molar-refractivity contribution is 5.98. The number of aromatic nitrogens is 1. The number of piperidine rings is 1. The van der Waals surface area contributed by atoms with Crippen LogP contribution in [0, 0.1) is 11.7 Å². The van der Waals surface area contributed by atoms with Crippen molar-refractivity contribution < 1.29 is 14.0 Å². The Morgan fingerprint density at radius 1 is 1.03 bits per heavy atom.